The fraction of sp³-hybridized carbons (Fsp3) is 0.448. The first-order valence-corrected chi connectivity index (χ1v) is 14.7. The van der Waals surface area contributed by atoms with E-state index in [1.807, 2.05) is 65.0 Å². The Labute approximate surface area is 237 Å². The lowest BCUT2D eigenvalue weighted by Gasteiger charge is -2.41. The number of carbonyl (C=O) groups excluding carboxylic acids is 2. The second-order valence-electron chi connectivity index (χ2n) is 10.9. The molecule has 1 aromatic heterocycles. The van der Waals surface area contributed by atoms with Crippen LogP contribution in [0.15, 0.2) is 48.1 Å². The van der Waals surface area contributed by atoms with E-state index >= 15 is 0 Å². The molecular formula is C29H37N5O5S. The summed E-state index contributed by atoms with van der Waals surface area (Å²) in [5.74, 6) is -0.116. The number of anilines is 1. The van der Waals surface area contributed by atoms with E-state index in [-0.39, 0.29) is 30.2 Å². The standard InChI is InChI=1S/C29H37N5O5S/c1-6-29(4,5)27(36)34-15-14-23(22(17-34)30-26(35)20-12-7-8-13-20)39-24-16-21(31-28(32-24)33-40(37)38)25-18(2)10-9-11-19(25)3/h7-12,16,22-23,40H,6,13-15,17H2,1-5H3,(H,30,35)(H,31,32,33,37,38)/t22-,23-/m1/s1. The third-order valence-corrected chi connectivity index (χ3v) is 7.96. The zero-order valence-electron chi connectivity index (χ0n) is 23.6. The highest BCUT2D eigenvalue weighted by Gasteiger charge is 2.39. The third kappa shape index (κ3) is 6.70. The monoisotopic (exact) mass is 567 g/mol. The molecule has 40 heavy (non-hydrogen) atoms. The van der Waals surface area contributed by atoms with Crippen LogP contribution in [-0.4, -0.2) is 60.3 Å². The van der Waals surface area contributed by atoms with Gasteiger partial charge in [0.2, 0.25) is 34.5 Å². The molecule has 1 aliphatic carbocycles. The van der Waals surface area contributed by atoms with E-state index in [0.29, 0.717) is 37.1 Å². The smallest absolute Gasteiger partial charge is 0.247 e. The van der Waals surface area contributed by atoms with Gasteiger partial charge in [-0.25, -0.2) is 13.4 Å². The average Bonchev–Trinajstić information content (AvgIpc) is 3.44. The van der Waals surface area contributed by atoms with Crippen molar-refractivity contribution in [2.75, 3.05) is 17.8 Å². The second kappa shape index (κ2) is 12.2. The normalized spacial score (nSPS) is 18.9. The summed E-state index contributed by atoms with van der Waals surface area (Å²) in [5.41, 5.74) is 3.42. The van der Waals surface area contributed by atoms with E-state index in [1.165, 1.54) is 0 Å². The molecule has 4 rings (SSSR count). The predicted molar refractivity (Wildman–Crippen MR) is 154 cm³/mol. The molecule has 0 saturated carbocycles. The van der Waals surface area contributed by atoms with Crippen LogP contribution in [0.1, 0.15) is 51.2 Å². The topological polar surface area (TPSA) is 131 Å². The molecule has 1 fully saturated rings. The van der Waals surface area contributed by atoms with Gasteiger partial charge in [-0.05, 0) is 37.8 Å². The first-order chi connectivity index (χ1) is 19.0. The molecule has 0 unspecified atom stereocenters. The van der Waals surface area contributed by atoms with Crippen LogP contribution < -0.4 is 14.8 Å². The van der Waals surface area contributed by atoms with Crippen molar-refractivity contribution in [3.63, 3.8) is 0 Å². The number of hydrogen-bond donors (Lipinski definition) is 3. The van der Waals surface area contributed by atoms with Crippen LogP contribution in [0.4, 0.5) is 5.95 Å². The van der Waals surface area contributed by atoms with Gasteiger partial charge in [0.1, 0.15) is 6.10 Å². The molecule has 1 saturated heterocycles. The Morgan fingerprint density at radius 3 is 2.52 bits per heavy atom. The molecule has 2 aromatic rings. The van der Waals surface area contributed by atoms with Gasteiger partial charge in [-0.2, -0.15) is 4.98 Å². The summed E-state index contributed by atoms with van der Waals surface area (Å²) in [6, 6.07) is 7.02. The van der Waals surface area contributed by atoms with E-state index < -0.39 is 28.5 Å². The maximum atomic E-state index is 13.3. The number of amides is 2. The Bertz CT molecular complexity index is 1400. The Kier molecular flexibility index (Phi) is 8.92. The van der Waals surface area contributed by atoms with Gasteiger partial charge in [0.05, 0.1) is 11.7 Å². The highest BCUT2D eigenvalue weighted by molar-refractivity contribution is 7.73. The van der Waals surface area contributed by atoms with Crippen LogP contribution in [0.2, 0.25) is 0 Å². The molecule has 2 amide bonds. The number of likely N-dealkylation sites (tertiary alicyclic amines) is 1. The van der Waals surface area contributed by atoms with E-state index in [9.17, 15) is 18.0 Å². The first kappa shape index (κ1) is 29.3. The third-order valence-electron chi connectivity index (χ3n) is 7.58. The Hall–Kier alpha value is -3.73. The zero-order valence-corrected chi connectivity index (χ0v) is 24.5. The SMILES string of the molecule is CCC(C)(C)C(=O)N1CC[C@@H](Oc2cc(-c3c(C)cccc3C)nc(N[SH](=O)=O)n2)[C@H](NC(=O)C2=CC=CC2)C1. The molecule has 11 heteroatoms. The van der Waals surface area contributed by atoms with Gasteiger partial charge in [0.25, 0.3) is 0 Å². The number of benzene rings is 1. The summed E-state index contributed by atoms with van der Waals surface area (Å²) < 4.78 is 31.6. The molecular weight excluding hydrogens is 530 g/mol. The first-order valence-electron chi connectivity index (χ1n) is 13.5. The molecule has 1 aliphatic heterocycles. The number of nitrogens with zero attached hydrogens (tertiary/aromatic N) is 3. The number of rotatable bonds is 9. The molecule has 2 heterocycles. The molecule has 2 aliphatic rings. The van der Waals surface area contributed by atoms with E-state index in [4.69, 9.17) is 4.74 Å². The zero-order chi connectivity index (χ0) is 29.0. The summed E-state index contributed by atoms with van der Waals surface area (Å²) in [4.78, 5) is 36.8. The van der Waals surface area contributed by atoms with Gasteiger partial charge < -0.3 is 15.0 Å². The van der Waals surface area contributed by atoms with E-state index in [1.54, 1.807) is 17.0 Å². The summed E-state index contributed by atoms with van der Waals surface area (Å²) in [6.07, 6.45) is 6.71. The number of piperidine rings is 1. The summed E-state index contributed by atoms with van der Waals surface area (Å²) in [5, 5.41) is 3.07. The van der Waals surface area contributed by atoms with Gasteiger partial charge in [-0.3, -0.25) is 14.3 Å². The van der Waals surface area contributed by atoms with Crippen LogP contribution in [0, 0.1) is 19.3 Å². The highest BCUT2D eigenvalue weighted by Crippen LogP contribution is 2.31. The Balaban J connectivity index is 1.66. The van der Waals surface area contributed by atoms with Gasteiger partial charge in [0, 0.05) is 42.1 Å². The predicted octanol–water partition coefficient (Wildman–Crippen LogP) is 3.49. The maximum Gasteiger partial charge on any atom is 0.247 e. The number of nitrogens with one attached hydrogen (secondary N) is 2. The minimum absolute atomic E-state index is 0.0273. The number of allylic oxidation sites excluding steroid dienone is 3. The van der Waals surface area contributed by atoms with Crippen molar-refractivity contribution in [2.24, 2.45) is 5.41 Å². The van der Waals surface area contributed by atoms with E-state index in [0.717, 1.165) is 16.7 Å². The fourth-order valence-corrected chi connectivity index (χ4v) is 5.23. The van der Waals surface area contributed by atoms with E-state index in [2.05, 4.69) is 20.0 Å². The molecule has 0 spiro atoms. The summed E-state index contributed by atoms with van der Waals surface area (Å²) >= 11 is 0. The number of hydrogen-bond acceptors (Lipinski definition) is 7. The minimum atomic E-state index is -3.00. The number of ether oxygens (including phenoxy) is 1. The lowest BCUT2D eigenvalue weighted by molar-refractivity contribution is -0.143. The van der Waals surface area contributed by atoms with Crippen LogP contribution in [0.25, 0.3) is 11.3 Å². The van der Waals surface area contributed by atoms with Crippen molar-refractivity contribution in [3.8, 4) is 17.1 Å². The molecule has 2 atom stereocenters. The lowest BCUT2D eigenvalue weighted by atomic mass is 9.87. The van der Waals surface area contributed by atoms with Gasteiger partial charge in [-0.15, -0.1) is 0 Å². The molecule has 214 valence electrons. The van der Waals surface area contributed by atoms with Crippen LogP contribution >= 0.6 is 0 Å². The molecule has 10 nitrogen and oxygen atoms in total. The van der Waals surface area contributed by atoms with Crippen molar-refractivity contribution in [2.45, 2.75) is 66.0 Å². The summed E-state index contributed by atoms with van der Waals surface area (Å²) in [7, 11) is -3.00. The van der Waals surface area contributed by atoms with Crippen LogP contribution in [-0.2, 0) is 20.5 Å². The number of carbonyl (C=O) groups is 2. The highest BCUT2D eigenvalue weighted by atomic mass is 32.2. The molecule has 0 bridgehead atoms. The van der Waals surface area contributed by atoms with Crippen molar-refractivity contribution < 1.29 is 22.7 Å². The van der Waals surface area contributed by atoms with Crippen molar-refractivity contribution in [1.82, 2.24) is 20.2 Å². The largest absolute Gasteiger partial charge is 0.472 e. The fourth-order valence-electron chi connectivity index (χ4n) is 4.97. The van der Waals surface area contributed by atoms with Crippen molar-refractivity contribution in [3.05, 3.63) is 59.2 Å². The lowest BCUT2D eigenvalue weighted by Crippen LogP contribution is -2.59. The number of aryl methyl sites for hydroxylation is 2. The number of aromatic nitrogens is 2. The molecule has 1 aromatic carbocycles. The average molecular weight is 568 g/mol. The van der Waals surface area contributed by atoms with Gasteiger partial charge in [-0.1, -0.05) is 57.2 Å². The Morgan fingerprint density at radius 2 is 1.90 bits per heavy atom. The minimum Gasteiger partial charge on any atom is -0.472 e. The molecule has 0 radical (unpaired) electrons. The van der Waals surface area contributed by atoms with Crippen LogP contribution in [0.3, 0.4) is 0 Å². The summed E-state index contributed by atoms with van der Waals surface area (Å²) in [6.45, 7) is 10.5. The van der Waals surface area contributed by atoms with Crippen LogP contribution in [0.5, 0.6) is 5.88 Å². The maximum absolute atomic E-state index is 13.3. The second-order valence-corrected chi connectivity index (χ2v) is 11.6. The quantitative estimate of drug-likeness (QED) is 0.396. The van der Waals surface area contributed by atoms with Gasteiger partial charge >= 0.3 is 0 Å². The Morgan fingerprint density at radius 1 is 1.18 bits per heavy atom. The van der Waals surface area contributed by atoms with Crippen molar-refractivity contribution >= 4 is 28.7 Å². The number of thiol groups is 1. The van der Waals surface area contributed by atoms with Crippen molar-refractivity contribution in [1.29, 1.82) is 0 Å². The molecule has 2 N–H and O–H groups in total. The van der Waals surface area contributed by atoms with Gasteiger partial charge in [0.15, 0.2) is 0 Å².